The molecule has 0 rings (SSSR count). The fourth-order valence-corrected chi connectivity index (χ4v) is 0.633. The van der Waals surface area contributed by atoms with Gasteiger partial charge in [-0.2, -0.15) is 17.6 Å². The molecule has 1 atom stereocenters. The van der Waals surface area contributed by atoms with Crippen LogP contribution in [0.4, 0.5) is 22.1 Å². The van der Waals surface area contributed by atoms with Gasteiger partial charge in [-0.15, -0.1) is 4.94 Å². The average molecular weight is 226 g/mol. The Bertz CT molecular complexity index is 191. The van der Waals surface area contributed by atoms with Gasteiger partial charge in [0.05, 0.1) is 13.2 Å². The van der Waals surface area contributed by atoms with Crippen molar-refractivity contribution in [3.05, 3.63) is 0 Å². The molecule has 0 radical (unpaired) electrons. The zero-order chi connectivity index (χ0) is 11.6. The normalized spacial score (nSPS) is 18.0. The molecule has 0 amide bonds. The van der Waals surface area contributed by atoms with Gasteiger partial charge in [0.1, 0.15) is 0 Å². The van der Waals surface area contributed by atoms with Gasteiger partial charge in [-0.25, -0.2) is 0 Å². The molecule has 0 spiro atoms. The van der Waals surface area contributed by atoms with Crippen LogP contribution in [0.3, 0.4) is 0 Å². The second-order valence-electron chi connectivity index (χ2n) is 2.52. The smallest absolute Gasteiger partial charge is 0.393 e. The van der Waals surface area contributed by atoms with Crippen LogP contribution in [-0.2, 0) is 4.94 Å². The highest BCUT2D eigenvalue weighted by Crippen LogP contribution is 2.43. The van der Waals surface area contributed by atoms with Crippen LogP contribution in [0.2, 0.25) is 0 Å². The number of hydrogen-bond acceptors (Lipinski definition) is 4. The predicted octanol–water partition coefficient (Wildman–Crippen LogP) is -0.169. The Kier molecular flexibility index (Phi) is 3.78. The Morgan fingerprint density at radius 2 is 1.36 bits per heavy atom. The van der Waals surface area contributed by atoms with Crippen molar-refractivity contribution in [3.63, 3.8) is 0 Å². The lowest BCUT2D eigenvalue weighted by Gasteiger charge is -2.35. The number of aliphatic hydroxyl groups is 3. The minimum atomic E-state index is -5.94. The Morgan fingerprint density at radius 1 is 1.00 bits per heavy atom. The monoisotopic (exact) mass is 226 g/mol. The first-order valence-electron chi connectivity index (χ1n) is 3.18. The number of rotatable bonds is 4. The highest BCUT2D eigenvalue weighted by atomic mass is 19.4. The van der Waals surface area contributed by atoms with Crippen molar-refractivity contribution in [3.8, 4) is 0 Å². The highest BCUT2D eigenvalue weighted by molar-refractivity contribution is 4.97. The molecule has 0 saturated heterocycles. The maximum Gasteiger partial charge on any atom is 0.454 e. The molecule has 9 heteroatoms. The second kappa shape index (κ2) is 3.93. The molecule has 0 saturated carbocycles. The summed E-state index contributed by atoms with van der Waals surface area (Å²) in [5.74, 6) is -5.18. The molecule has 1 unspecified atom stereocenters. The quantitative estimate of drug-likeness (QED) is 0.582. The Morgan fingerprint density at radius 3 is 1.43 bits per heavy atom. The first-order valence-corrected chi connectivity index (χ1v) is 3.18. The summed E-state index contributed by atoms with van der Waals surface area (Å²) in [4.78, 5) is 1.99. The van der Waals surface area contributed by atoms with Gasteiger partial charge in [0.2, 0.25) is 0 Å². The van der Waals surface area contributed by atoms with Crippen LogP contribution in [0, 0.1) is 0 Å². The van der Waals surface area contributed by atoms with Gasteiger partial charge in [-0.3, -0.25) is 0 Å². The highest BCUT2D eigenvalue weighted by Gasteiger charge is 2.71. The van der Waals surface area contributed by atoms with E-state index in [-0.39, 0.29) is 0 Å². The number of aliphatic hydroxyl groups excluding tert-OH is 2. The van der Waals surface area contributed by atoms with E-state index >= 15 is 0 Å². The first kappa shape index (κ1) is 13.5. The maximum atomic E-state index is 12.8. The van der Waals surface area contributed by atoms with Crippen LogP contribution in [0.1, 0.15) is 0 Å². The maximum absolute atomic E-state index is 12.8. The third-order valence-electron chi connectivity index (χ3n) is 1.59. The van der Waals surface area contributed by atoms with Crippen molar-refractivity contribution in [1.29, 1.82) is 0 Å². The summed E-state index contributed by atoms with van der Waals surface area (Å²) in [5, 5.41) is 25.2. The van der Waals surface area contributed by atoms with Crippen LogP contribution in [0.15, 0.2) is 0 Å². The van der Waals surface area contributed by atoms with Gasteiger partial charge in [0, 0.05) is 0 Å². The van der Waals surface area contributed by atoms with Crippen molar-refractivity contribution in [2.75, 3.05) is 13.2 Å². The van der Waals surface area contributed by atoms with Crippen LogP contribution < -0.4 is 0 Å². The van der Waals surface area contributed by atoms with E-state index < -0.39 is 30.8 Å². The average Bonchev–Trinajstić information content (AvgIpc) is 2.13. The molecule has 0 aliphatic rings. The van der Waals surface area contributed by atoms with Crippen LogP contribution in [-0.4, -0.2) is 46.2 Å². The van der Waals surface area contributed by atoms with Crippen LogP contribution in [0.5, 0.6) is 0 Å². The van der Waals surface area contributed by atoms with Crippen molar-refractivity contribution in [2.45, 2.75) is 17.6 Å². The van der Waals surface area contributed by atoms with Crippen molar-refractivity contribution >= 4 is 0 Å². The SMILES string of the molecule is OCC(O)(CO)C(F)(OF)C(F)(F)F. The molecule has 0 aliphatic heterocycles. The van der Waals surface area contributed by atoms with Gasteiger partial charge < -0.3 is 15.3 Å². The summed E-state index contributed by atoms with van der Waals surface area (Å²) in [7, 11) is 0. The summed E-state index contributed by atoms with van der Waals surface area (Å²) < 4.78 is 59.8. The number of hydrogen-bond donors (Lipinski definition) is 3. The van der Waals surface area contributed by atoms with E-state index in [0.29, 0.717) is 0 Å². The number of halogens is 5. The third-order valence-corrected chi connectivity index (χ3v) is 1.59. The lowest BCUT2D eigenvalue weighted by Crippen LogP contribution is -2.64. The molecule has 0 fully saturated rings. The molecule has 0 aromatic rings. The topological polar surface area (TPSA) is 69.9 Å². The lowest BCUT2D eigenvalue weighted by atomic mass is 9.96. The van der Waals surface area contributed by atoms with Crippen LogP contribution in [0.25, 0.3) is 0 Å². The van der Waals surface area contributed by atoms with Gasteiger partial charge in [0.25, 0.3) is 0 Å². The molecular weight excluding hydrogens is 219 g/mol. The predicted molar refractivity (Wildman–Crippen MR) is 31.2 cm³/mol. The molecule has 14 heavy (non-hydrogen) atoms. The van der Waals surface area contributed by atoms with Crippen LogP contribution >= 0.6 is 0 Å². The molecule has 0 aromatic heterocycles. The molecule has 0 bridgehead atoms. The summed E-state index contributed by atoms with van der Waals surface area (Å²) >= 11 is 0. The summed E-state index contributed by atoms with van der Waals surface area (Å²) in [6, 6.07) is 0. The molecule has 0 aromatic carbocycles. The van der Waals surface area contributed by atoms with Gasteiger partial charge >= 0.3 is 12.0 Å². The van der Waals surface area contributed by atoms with Gasteiger partial charge in [0.15, 0.2) is 5.60 Å². The van der Waals surface area contributed by atoms with E-state index in [2.05, 4.69) is 0 Å². The largest absolute Gasteiger partial charge is 0.454 e. The molecular formula is C5H7F5O4. The zero-order valence-electron chi connectivity index (χ0n) is 6.55. The van der Waals surface area contributed by atoms with Crippen molar-refractivity contribution in [1.82, 2.24) is 0 Å². The summed E-state index contributed by atoms with van der Waals surface area (Å²) in [5.41, 5.74) is -3.81. The van der Waals surface area contributed by atoms with E-state index in [1.807, 2.05) is 4.94 Å². The summed E-state index contributed by atoms with van der Waals surface area (Å²) in [6.45, 7) is -3.74. The molecule has 0 heterocycles. The fourth-order valence-electron chi connectivity index (χ4n) is 0.633. The third kappa shape index (κ3) is 1.80. The Labute approximate surface area is 74.4 Å². The fraction of sp³-hybridized carbons (Fsp3) is 1.00. The van der Waals surface area contributed by atoms with E-state index in [0.717, 1.165) is 0 Å². The minimum absolute atomic E-state index is 1.87. The van der Waals surface area contributed by atoms with Gasteiger partial charge in [-0.1, -0.05) is 0 Å². The zero-order valence-corrected chi connectivity index (χ0v) is 6.55. The lowest BCUT2D eigenvalue weighted by molar-refractivity contribution is -0.451. The molecule has 4 nitrogen and oxygen atoms in total. The molecule has 86 valence electrons. The Hall–Kier alpha value is -0.510. The van der Waals surface area contributed by atoms with E-state index in [1.54, 1.807) is 0 Å². The van der Waals surface area contributed by atoms with Crippen molar-refractivity contribution < 1.29 is 42.3 Å². The minimum Gasteiger partial charge on any atom is -0.393 e. The molecule has 3 N–H and O–H groups in total. The summed E-state index contributed by atoms with van der Waals surface area (Å²) in [6.07, 6.45) is -5.94. The van der Waals surface area contributed by atoms with Crippen molar-refractivity contribution in [2.24, 2.45) is 0 Å². The standard InChI is InChI=1S/C5H7F5O4/c6-4(14-10,5(7,8)9)3(13,1-11)2-12/h11-13H,1-2H2. The van der Waals surface area contributed by atoms with E-state index in [1.165, 1.54) is 0 Å². The van der Waals surface area contributed by atoms with E-state index in [9.17, 15) is 22.1 Å². The molecule has 0 aliphatic carbocycles. The van der Waals surface area contributed by atoms with E-state index in [4.69, 9.17) is 15.3 Å². The second-order valence-corrected chi connectivity index (χ2v) is 2.52. The first-order chi connectivity index (χ1) is 6.18. The Balaban J connectivity index is 5.22. The number of alkyl halides is 4. The van der Waals surface area contributed by atoms with Gasteiger partial charge in [-0.05, 0) is 4.53 Å².